The molecule has 2 atom stereocenters. The van der Waals surface area contributed by atoms with E-state index in [0.717, 1.165) is 25.7 Å². The molecule has 1 saturated carbocycles. The lowest BCUT2D eigenvalue weighted by Crippen LogP contribution is -2.40. The molecule has 1 aliphatic rings. The summed E-state index contributed by atoms with van der Waals surface area (Å²) in [5, 5.41) is 6.89. The molecule has 7 heteroatoms. The molecular formula is C14H18N6O. The van der Waals surface area contributed by atoms with Crippen molar-refractivity contribution in [2.24, 2.45) is 11.7 Å². The molecule has 21 heavy (non-hydrogen) atoms. The van der Waals surface area contributed by atoms with Crippen LogP contribution in [0.25, 0.3) is 5.82 Å². The molecule has 3 rings (SSSR count). The van der Waals surface area contributed by atoms with Crippen molar-refractivity contribution in [3.05, 3.63) is 31.0 Å². The first-order valence-electron chi connectivity index (χ1n) is 7.11. The lowest BCUT2D eigenvalue weighted by atomic mass is 9.84. The van der Waals surface area contributed by atoms with Crippen molar-refractivity contribution in [3.63, 3.8) is 0 Å². The molecule has 2 aromatic rings. The zero-order chi connectivity index (χ0) is 14.7. The highest BCUT2D eigenvalue weighted by Crippen LogP contribution is 2.24. The van der Waals surface area contributed by atoms with Gasteiger partial charge in [0.25, 0.3) is 0 Å². The summed E-state index contributed by atoms with van der Waals surface area (Å²) < 4.78 is 1.56. The average Bonchev–Trinajstić information content (AvgIpc) is 3.02. The lowest BCUT2D eigenvalue weighted by molar-refractivity contribution is -0.121. The first-order valence-corrected chi connectivity index (χ1v) is 7.11. The van der Waals surface area contributed by atoms with Crippen molar-refractivity contribution in [3.8, 4) is 5.82 Å². The average molecular weight is 286 g/mol. The fourth-order valence-electron chi connectivity index (χ4n) is 2.64. The molecule has 0 spiro atoms. The van der Waals surface area contributed by atoms with Gasteiger partial charge in [-0.2, -0.15) is 5.10 Å². The fraction of sp³-hybridized carbons (Fsp3) is 0.429. The van der Waals surface area contributed by atoms with Crippen molar-refractivity contribution in [2.75, 3.05) is 5.32 Å². The molecule has 2 unspecified atom stereocenters. The standard InChI is InChI=1S/C14H18N6O/c15-12-4-2-1-3-11(12)14(21)19-10-5-6-13(17-7-10)20-9-16-8-18-20/h5-9,11-12H,1-4,15H2,(H,19,21). The van der Waals surface area contributed by atoms with Gasteiger partial charge >= 0.3 is 0 Å². The van der Waals surface area contributed by atoms with Crippen LogP contribution in [-0.2, 0) is 4.79 Å². The SMILES string of the molecule is NC1CCCCC1C(=O)Nc1ccc(-n2cncn2)nc1. The maximum absolute atomic E-state index is 12.2. The molecule has 3 N–H and O–H groups in total. The van der Waals surface area contributed by atoms with Crippen LogP contribution >= 0.6 is 0 Å². The Balaban J connectivity index is 1.66. The Bertz CT molecular complexity index is 594. The van der Waals surface area contributed by atoms with E-state index >= 15 is 0 Å². The van der Waals surface area contributed by atoms with E-state index in [9.17, 15) is 4.79 Å². The minimum Gasteiger partial charge on any atom is -0.327 e. The number of amides is 1. The zero-order valence-electron chi connectivity index (χ0n) is 11.6. The van der Waals surface area contributed by atoms with Gasteiger partial charge in [0.05, 0.1) is 17.8 Å². The first-order chi connectivity index (χ1) is 10.2. The van der Waals surface area contributed by atoms with Crippen LogP contribution in [-0.4, -0.2) is 31.7 Å². The number of nitrogens with one attached hydrogen (secondary N) is 1. The van der Waals surface area contributed by atoms with Gasteiger partial charge in [-0.3, -0.25) is 4.79 Å². The van der Waals surface area contributed by atoms with Crippen LogP contribution in [0.1, 0.15) is 25.7 Å². The monoisotopic (exact) mass is 286 g/mol. The van der Waals surface area contributed by atoms with Gasteiger partial charge in [0.15, 0.2) is 5.82 Å². The molecule has 0 saturated heterocycles. The van der Waals surface area contributed by atoms with Gasteiger partial charge in [0.1, 0.15) is 12.7 Å². The van der Waals surface area contributed by atoms with Gasteiger partial charge in [-0.1, -0.05) is 12.8 Å². The molecule has 1 aliphatic carbocycles. The molecule has 2 heterocycles. The minimum atomic E-state index is -0.103. The van der Waals surface area contributed by atoms with Gasteiger partial charge in [0.2, 0.25) is 5.91 Å². The summed E-state index contributed by atoms with van der Waals surface area (Å²) in [6, 6.07) is 3.54. The van der Waals surface area contributed by atoms with E-state index in [2.05, 4.69) is 20.4 Å². The second-order valence-corrected chi connectivity index (χ2v) is 5.29. The van der Waals surface area contributed by atoms with E-state index < -0.39 is 0 Å². The second kappa shape index (κ2) is 6.01. The summed E-state index contributed by atoms with van der Waals surface area (Å²) in [6.07, 6.45) is 8.58. The fourth-order valence-corrected chi connectivity index (χ4v) is 2.64. The Hall–Kier alpha value is -2.28. The quantitative estimate of drug-likeness (QED) is 0.881. The third-order valence-electron chi connectivity index (χ3n) is 3.83. The summed E-state index contributed by atoms with van der Waals surface area (Å²) in [5.74, 6) is 0.533. The molecule has 0 bridgehead atoms. The molecule has 2 aromatic heterocycles. The smallest absolute Gasteiger partial charge is 0.229 e. The van der Waals surface area contributed by atoms with Gasteiger partial charge < -0.3 is 11.1 Å². The predicted octanol–water partition coefficient (Wildman–Crippen LogP) is 1.12. The van der Waals surface area contributed by atoms with Crippen molar-refractivity contribution in [2.45, 2.75) is 31.7 Å². The van der Waals surface area contributed by atoms with E-state index in [1.165, 1.54) is 6.33 Å². The van der Waals surface area contributed by atoms with Gasteiger partial charge in [-0.25, -0.2) is 14.6 Å². The van der Waals surface area contributed by atoms with Gasteiger partial charge in [-0.15, -0.1) is 0 Å². The van der Waals surface area contributed by atoms with Crippen LogP contribution in [0.3, 0.4) is 0 Å². The third-order valence-corrected chi connectivity index (χ3v) is 3.83. The summed E-state index contributed by atoms with van der Waals surface area (Å²) >= 11 is 0. The maximum atomic E-state index is 12.2. The Labute approximate surface area is 122 Å². The van der Waals surface area contributed by atoms with Crippen molar-refractivity contribution in [1.29, 1.82) is 0 Å². The van der Waals surface area contributed by atoms with Gasteiger partial charge in [-0.05, 0) is 25.0 Å². The van der Waals surface area contributed by atoms with E-state index in [-0.39, 0.29) is 17.9 Å². The van der Waals surface area contributed by atoms with Crippen LogP contribution < -0.4 is 11.1 Å². The molecule has 0 aliphatic heterocycles. The lowest BCUT2D eigenvalue weighted by Gasteiger charge is -2.27. The highest BCUT2D eigenvalue weighted by Gasteiger charge is 2.28. The van der Waals surface area contributed by atoms with Crippen molar-refractivity contribution in [1.82, 2.24) is 19.7 Å². The number of anilines is 1. The van der Waals surface area contributed by atoms with Crippen LogP contribution in [0.15, 0.2) is 31.0 Å². The molecule has 7 nitrogen and oxygen atoms in total. The predicted molar refractivity (Wildman–Crippen MR) is 77.7 cm³/mol. The minimum absolute atomic E-state index is 0.0162. The van der Waals surface area contributed by atoms with Crippen LogP contribution in [0, 0.1) is 5.92 Å². The largest absolute Gasteiger partial charge is 0.327 e. The van der Waals surface area contributed by atoms with E-state index in [4.69, 9.17) is 5.73 Å². The maximum Gasteiger partial charge on any atom is 0.229 e. The summed E-state index contributed by atoms with van der Waals surface area (Å²) in [7, 11) is 0. The number of nitrogens with two attached hydrogens (primary N) is 1. The Morgan fingerprint density at radius 1 is 1.33 bits per heavy atom. The molecule has 1 amide bonds. The van der Waals surface area contributed by atoms with Crippen LogP contribution in [0.5, 0.6) is 0 Å². The Kier molecular flexibility index (Phi) is 3.92. The van der Waals surface area contributed by atoms with Crippen LogP contribution in [0.4, 0.5) is 5.69 Å². The number of hydrogen-bond donors (Lipinski definition) is 2. The second-order valence-electron chi connectivity index (χ2n) is 5.29. The van der Waals surface area contributed by atoms with E-state index in [1.807, 2.05) is 0 Å². The number of rotatable bonds is 3. The summed E-state index contributed by atoms with van der Waals surface area (Å²) in [4.78, 5) is 20.4. The molecule has 1 fully saturated rings. The number of pyridine rings is 1. The highest BCUT2D eigenvalue weighted by atomic mass is 16.1. The number of carbonyl (C=O) groups excluding carboxylic acids is 1. The summed E-state index contributed by atoms with van der Waals surface area (Å²) in [6.45, 7) is 0. The Morgan fingerprint density at radius 2 is 2.19 bits per heavy atom. The van der Waals surface area contributed by atoms with Crippen molar-refractivity contribution >= 4 is 11.6 Å². The normalized spacial score (nSPS) is 22.0. The molecular weight excluding hydrogens is 268 g/mol. The topological polar surface area (TPSA) is 98.7 Å². The van der Waals surface area contributed by atoms with Crippen molar-refractivity contribution < 1.29 is 4.79 Å². The number of aromatic nitrogens is 4. The van der Waals surface area contributed by atoms with E-state index in [1.54, 1.807) is 29.3 Å². The first kappa shape index (κ1) is 13.7. The number of nitrogens with zero attached hydrogens (tertiary/aromatic N) is 4. The summed E-state index contributed by atoms with van der Waals surface area (Å²) in [5.41, 5.74) is 6.70. The third kappa shape index (κ3) is 3.08. The highest BCUT2D eigenvalue weighted by molar-refractivity contribution is 5.92. The van der Waals surface area contributed by atoms with Crippen LogP contribution in [0.2, 0.25) is 0 Å². The van der Waals surface area contributed by atoms with Gasteiger partial charge in [0, 0.05) is 6.04 Å². The zero-order valence-corrected chi connectivity index (χ0v) is 11.6. The molecule has 0 radical (unpaired) electrons. The molecule has 0 aromatic carbocycles. The van der Waals surface area contributed by atoms with E-state index in [0.29, 0.717) is 11.5 Å². The number of hydrogen-bond acceptors (Lipinski definition) is 5. The molecule has 110 valence electrons. The number of carbonyl (C=O) groups is 1. The Morgan fingerprint density at radius 3 is 2.86 bits per heavy atom.